The number of para-hydroxylation sites is 1. The van der Waals surface area contributed by atoms with Crippen molar-refractivity contribution in [2.45, 2.75) is 25.4 Å². The molecule has 10 nitrogen and oxygen atoms in total. The second-order valence-electron chi connectivity index (χ2n) is 6.67. The molecule has 1 saturated heterocycles. The highest BCUT2D eigenvalue weighted by molar-refractivity contribution is 5.41. The van der Waals surface area contributed by atoms with E-state index in [4.69, 9.17) is 14.6 Å². The molecule has 1 aromatic carbocycles. The smallest absolute Gasteiger partial charge is 0.290 e. The normalized spacial score (nSPS) is 21.7. The number of methoxy groups -OCH3 is 1. The number of hydrogen-bond acceptors (Lipinski definition) is 8. The molecule has 2 aromatic rings. The van der Waals surface area contributed by atoms with E-state index in [1.165, 1.54) is 0 Å². The molecule has 1 aliphatic heterocycles. The lowest BCUT2D eigenvalue weighted by atomic mass is 9.74. The topological polar surface area (TPSA) is 134 Å². The number of piperidine rings is 1. The number of nitrogens with zero attached hydrogens (tertiary/aromatic N) is 5. The Hall–Kier alpha value is -2.56. The van der Waals surface area contributed by atoms with Gasteiger partial charge in [-0.15, -0.1) is 0 Å². The number of tetrazole rings is 1. The van der Waals surface area contributed by atoms with Crippen molar-refractivity contribution >= 4 is 12.4 Å². The van der Waals surface area contributed by atoms with E-state index in [0.29, 0.717) is 38.5 Å². The minimum Gasteiger partial charge on any atom is -0.483 e. The van der Waals surface area contributed by atoms with Crippen LogP contribution in [0.4, 0.5) is 5.95 Å². The van der Waals surface area contributed by atoms with Crippen LogP contribution < -0.4 is 4.90 Å². The highest BCUT2D eigenvalue weighted by Gasteiger charge is 2.43. The molecule has 1 aromatic heterocycles. The summed E-state index contributed by atoms with van der Waals surface area (Å²) in [6.45, 7) is 1.42. The Labute approximate surface area is 163 Å². The summed E-state index contributed by atoms with van der Waals surface area (Å²) in [7, 11) is 1.66. The summed E-state index contributed by atoms with van der Waals surface area (Å²) in [5, 5.41) is 39.5. The van der Waals surface area contributed by atoms with Gasteiger partial charge in [-0.1, -0.05) is 23.3 Å². The quantitative estimate of drug-likeness (QED) is 0.449. The van der Waals surface area contributed by atoms with E-state index in [0.717, 1.165) is 12.1 Å². The molecule has 28 heavy (non-hydrogen) atoms. The van der Waals surface area contributed by atoms with Gasteiger partial charge in [0.15, 0.2) is 0 Å². The second-order valence-corrected chi connectivity index (χ2v) is 6.67. The fourth-order valence-electron chi connectivity index (χ4n) is 3.48. The predicted octanol–water partition coefficient (Wildman–Crippen LogP) is 0.339. The zero-order chi connectivity index (χ0) is 20.4. The van der Waals surface area contributed by atoms with Crippen molar-refractivity contribution < 1.29 is 24.9 Å². The van der Waals surface area contributed by atoms with Gasteiger partial charge in [0.2, 0.25) is 5.95 Å². The molecule has 2 atom stereocenters. The van der Waals surface area contributed by atoms with Crippen LogP contribution in [0.25, 0.3) is 5.69 Å². The first kappa shape index (κ1) is 21.7. The molecule has 2 heterocycles. The fraction of sp³-hybridized carbons (Fsp3) is 0.556. The number of aliphatic hydroxyl groups is 2. The molecule has 0 unspecified atom stereocenters. The summed E-state index contributed by atoms with van der Waals surface area (Å²) in [6, 6.07) is 9.69. The van der Waals surface area contributed by atoms with Gasteiger partial charge in [-0.05, 0) is 41.8 Å². The van der Waals surface area contributed by atoms with Gasteiger partial charge >= 0.3 is 0 Å². The van der Waals surface area contributed by atoms with Crippen LogP contribution >= 0.6 is 0 Å². The number of rotatable bonds is 7. The molecule has 0 amide bonds. The molecule has 0 spiro atoms. The number of benzene rings is 1. The zero-order valence-electron chi connectivity index (χ0n) is 15.9. The summed E-state index contributed by atoms with van der Waals surface area (Å²) in [5.41, 5.74) is 0.284. The van der Waals surface area contributed by atoms with Gasteiger partial charge in [-0.3, -0.25) is 4.79 Å². The molecular weight excluding hydrogens is 366 g/mol. The summed E-state index contributed by atoms with van der Waals surface area (Å²) in [6.07, 6.45) is 1.48. The zero-order valence-corrected chi connectivity index (χ0v) is 15.9. The van der Waals surface area contributed by atoms with Crippen LogP contribution in [0.15, 0.2) is 30.3 Å². The lowest BCUT2D eigenvalue weighted by Gasteiger charge is -2.45. The summed E-state index contributed by atoms with van der Waals surface area (Å²) >= 11 is 0. The first-order valence-electron chi connectivity index (χ1n) is 9.06. The number of aromatic nitrogens is 4. The van der Waals surface area contributed by atoms with E-state index >= 15 is 0 Å². The van der Waals surface area contributed by atoms with Crippen molar-refractivity contribution in [1.29, 1.82) is 0 Å². The molecule has 0 radical (unpaired) electrons. The van der Waals surface area contributed by atoms with E-state index in [-0.39, 0.29) is 13.1 Å². The number of anilines is 1. The van der Waals surface area contributed by atoms with Crippen molar-refractivity contribution in [1.82, 2.24) is 20.2 Å². The maximum Gasteiger partial charge on any atom is 0.290 e. The lowest BCUT2D eigenvalue weighted by Crippen LogP contribution is -2.54. The van der Waals surface area contributed by atoms with Crippen LogP contribution in [0, 0.1) is 5.41 Å². The van der Waals surface area contributed by atoms with Crippen LogP contribution in [0.1, 0.15) is 19.3 Å². The Morgan fingerprint density at radius 1 is 1.36 bits per heavy atom. The van der Waals surface area contributed by atoms with E-state index in [2.05, 4.69) is 15.5 Å². The maximum absolute atomic E-state index is 10.5. The molecule has 3 N–H and O–H groups in total. The van der Waals surface area contributed by atoms with Gasteiger partial charge in [0.25, 0.3) is 6.47 Å². The van der Waals surface area contributed by atoms with Gasteiger partial charge in [-0.2, -0.15) is 4.68 Å². The summed E-state index contributed by atoms with van der Waals surface area (Å²) in [5.74, 6) is 0.627. The Morgan fingerprint density at radius 3 is 2.71 bits per heavy atom. The average molecular weight is 393 g/mol. The first-order valence-corrected chi connectivity index (χ1v) is 9.06. The van der Waals surface area contributed by atoms with Crippen molar-refractivity contribution in [3.8, 4) is 5.69 Å². The Bertz CT molecular complexity index is 713. The van der Waals surface area contributed by atoms with Crippen molar-refractivity contribution in [3.05, 3.63) is 30.3 Å². The number of hydrogen-bond donors (Lipinski definition) is 3. The van der Waals surface area contributed by atoms with Crippen molar-refractivity contribution in [2.75, 3.05) is 38.3 Å². The predicted molar refractivity (Wildman–Crippen MR) is 101 cm³/mol. The minimum absolute atomic E-state index is 0.0821. The molecule has 0 saturated carbocycles. The van der Waals surface area contributed by atoms with Gasteiger partial charge in [0.1, 0.15) is 0 Å². The molecule has 1 fully saturated rings. The van der Waals surface area contributed by atoms with Crippen LogP contribution in [-0.2, 0) is 9.53 Å². The minimum atomic E-state index is -0.593. The van der Waals surface area contributed by atoms with E-state index in [1.54, 1.807) is 11.8 Å². The number of carbonyl (C=O) groups is 1. The van der Waals surface area contributed by atoms with E-state index in [9.17, 15) is 10.2 Å². The summed E-state index contributed by atoms with van der Waals surface area (Å²) < 4.78 is 6.81. The summed E-state index contributed by atoms with van der Waals surface area (Å²) in [4.78, 5) is 10.4. The molecule has 0 aliphatic carbocycles. The Morgan fingerprint density at radius 2 is 2.07 bits per heavy atom. The molecule has 10 heteroatoms. The van der Waals surface area contributed by atoms with Gasteiger partial charge in [0, 0.05) is 32.2 Å². The van der Waals surface area contributed by atoms with Crippen molar-refractivity contribution in [3.63, 3.8) is 0 Å². The molecule has 3 rings (SSSR count). The van der Waals surface area contributed by atoms with Gasteiger partial charge < -0.3 is 25.0 Å². The number of ether oxygens (including phenoxy) is 1. The largest absolute Gasteiger partial charge is 0.483 e. The maximum atomic E-state index is 10.5. The second kappa shape index (κ2) is 10.7. The van der Waals surface area contributed by atoms with E-state index < -0.39 is 11.5 Å². The SMILES string of the molecule is COCCC[C@@]1(CO)CN(c2nnnn2-c2ccccc2)CC[C@H]1O.O=CO. The molecule has 0 bridgehead atoms. The van der Waals surface area contributed by atoms with Crippen LogP contribution in [0.3, 0.4) is 0 Å². The lowest BCUT2D eigenvalue weighted by molar-refractivity contribution is -0.122. The van der Waals surface area contributed by atoms with Crippen molar-refractivity contribution in [2.24, 2.45) is 5.41 Å². The standard InChI is InChI=1S/C17H25N5O3.CH2O2/c1-25-11-5-9-17(13-23)12-21(10-8-15(17)24)16-18-19-20-22(16)14-6-3-2-4-7-14;2-1-3/h2-4,6-7,15,23-24H,5,8-13H2,1H3;1H,(H,2,3)/t15-,17+;/m1./s1. The van der Waals surface area contributed by atoms with Gasteiger partial charge in [0.05, 0.1) is 18.4 Å². The third-order valence-electron chi connectivity index (χ3n) is 4.96. The Kier molecular flexibility index (Phi) is 8.30. The van der Waals surface area contributed by atoms with Crippen LogP contribution in [0.5, 0.6) is 0 Å². The van der Waals surface area contributed by atoms with Crippen LogP contribution in [-0.4, -0.2) is 81.5 Å². The van der Waals surface area contributed by atoms with Gasteiger partial charge in [-0.25, -0.2) is 0 Å². The molecule has 154 valence electrons. The number of aliphatic hydroxyl groups excluding tert-OH is 2. The third-order valence-corrected chi connectivity index (χ3v) is 4.96. The monoisotopic (exact) mass is 393 g/mol. The Balaban J connectivity index is 0.000000878. The molecule has 1 aliphatic rings. The van der Waals surface area contributed by atoms with Crippen LogP contribution in [0.2, 0.25) is 0 Å². The highest BCUT2D eigenvalue weighted by atomic mass is 16.5. The first-order chi connectivity index (χ1) is 13.6. The molecular formula is C18H27N5O5. The van der Waals surface area contributed by atoms with E-state index in [1.807, 2.05) is 35.2 Å². The average Bonchev–Trinajstić information content (AvgIpc) is 3.21. The third kappa shape index (κ3) is 5.03. The highest BCUT2D eigenvalue weighted by Crippen LogP contribution is 2.36. The fourth-order valence-corrected chi connectivity index (χ4v) is 3.48. The number of carboxylic acid groups (broad SMARTS) is 1.